The molecule has 1 aromatic carbocycles. The van der Waals surface area contributed by atoms with E-state index in [1.165, 1.54) is 0 Å². The quantitative estimate of drug-likeness (QED) is 0.732. The van der Waals surface area contributed by atoms with E-state index < -0.39 is 18.3 Å². The van der Waals surface area contributed by atoms with Crippen molar-refractivity contribution in [2.75, 3.05) is 0 Å². The van der Waals surface area contributed by atoms with Crippen molar-refractivity contribution >= 4 is 11.9 Å². The summed E-state index contributed by atoms with van der Waals surface area (Å²) in [6, 6.07) is 9.22. The lowest BCUT2D eigenvalue weighted by atomic mass is 10.1. The highest BCUT2D eigenvalue weighted by molar-refractivity contribution is 5.93. The van der Waals surface area contributed by atoms with Crippen LogP contribution in [-0.2, 0) is 9.59 Å². The molecule has 0 unspecified atom stereocenters. The Morgan fingerprint density at radius 2 is 1.93 bits per heavy atom. The first kappa shape index (κ1) is 11.2. The zero-order valence-corrected chi connectivity index (χ0v) is 8.43. The Bertz CT molecular complexity index is 348. The van der Waals surface area contributed by atoms with Gasteiger partial charge in [0.15, 0.2) is 0 Å². The van der Waals surface area contributed by atoms with Gasteiger partial charge in [-0.1, -0.05) is 30.3 Å². The Morgan fingerprint density at radius 1 is 1.33 bits per heavy atom. The van der Waals surface area contributed by atoms with Gasteiger partial charge in [-0.25, -0.2) is 0 Å². The number of hydrogen-bond donors (Lipinski definition) is 2. The fourth-order valence-corrected chi connectivity index (χ4v) is 1.25. The number of hydrogen-bond acceptors (Lipinski definition) is 2. The Labute approximate surface area is 87.9 Å². The molecule has 2 N–H and O–H groups in total. The third-order valence-corrected chi connectivity index (χ3v) is 1.99. The number of carbonyl (C=O) groups is 2. The molecule has 1 atom stereocenters. The number of aliphatic carboxylic acids is 1. The Hall–Kier alpha value is -1.84. The third-order valence-electron chi connectivity index (χ3n) is 1.99. The molecule has 0 aliphatic carbocycles. The first-order valence-electron chi connectivity index (χ1n) is 4.65. The fraction of sp³-hybridized carbons (Fsp3) is 0.273. The number of nitrogens with one attached hydrogen (secondary N) is 1. The standard InChI is InChI=1S/C11H13NO3/c1-8(9-5-3-2-4-6-9)12-10(13)7-11(14)15/h2-6,8H,7H2,1H3,(H,12,13)(H,14,15)/t8-/m0/s1. The van der Waals surface area contributed by atoms with E-state index in [0.29, 0.717) is 0 Å². The monoisotopic (exact) mass is 207 g/mol. The Morgan fingerprint density at radius 3 is 2.47 bits per heavy atom. The lowest BCUT2D eigenvalue weighted by Gasteiger charge is -2.13. The van der Waals surface area contributed by atoms with Crippen molar-refractivity contribution in [3.63, 3.8) is 0 Å². The SMILES string of the molecule is C[C@H](NC(=O)CC(=O)O)c1ccccc1. The number of amides is 1. The molecule has 4 nitrogen and oxygen atoms in total. The minimum absolute atomic E-state index is 0.168. The smallest absolute Gasteiger partial charge is 0.312 e. The summed E-state index contributed by atoms with van der Waals surface area (Å²) in [4.78, 5) is 21.4. The van der Waals surface area contributed by atoms with Gasteiger partial charge in [0.05, 0.1) is 6.04 Å². The van der Waals surface area contributed by atoms with Gasteiger partial charge in [0.1, 0.15) is 6.42 Å². The molecule has 1 rings (SSSR count). The van der Waals surface area contributed by atoms with E-state index in [1.807, 2.05) is 37.3 Å². The maximum absolute atomic E-state index is 11.1. The lowest BCUT2D eigenvalue weighted by Crippen LogP contribution is -2.28. The summed E-state index contributed by atoms with van der Waals surface area (Å²) >= 11 is 0. The molecule has 0 heterocycles. The van der Waals surface area contributed by atoms with Gasteiger partial charge in [-0.05, 0) is 12.5 Å². The van der Waals surface area contributed by atoms with Gasteiger partial charge in [-0.15, -0.1) is 0 Å². The summed E-state index contributed by atoms with van der Waals surface area (Å²) < 4.78 is 0. The first-order valence-corrected chi connectivity index (χ1v) is 4.65. The molecule has 0 radical (unpaired) electrons. The first-order chi connectivity index (χ1) is 7.09. The van der Waals surface area contributed by atoms with Crippen molar-refractivity contribution in [3.8, 4) is 0 Å². The van der Waals surface area contributed by atoms with Crippen LogP contribution in [0.25, 0.3) is 0 Å². The summed E-state index contributed by atoms with van der Waals surface area (Å²) in [6.45, 7) is 1.81. The molecule has 4 heteroatoms. The van der Waals surface area contributed by atoms with Crippen LogP contribution in [0.4, 0.5) is 0 Å². The van der Waals surface area contributed by atoms with E-state index in [0.717, 1.165) is 5.56 Å². The zero-order chi connectivity index (χ0) is 11.3. The summed E-state index contributed by atoms with van der Waals surface area (Å²) in [7, 11) is 0. The Kier molecular flexibility index (Phi) is 3.85. The normalized spacial score (nSPS) is 11.8. The van der Waals surface area contributed by atoms with Gasteiger partial charge in [0, 0.05) is 0 Å². The highest BCUT2D eigenvalue weighted by atomic mass is 16.4. The molecule has 0 saturated carbocycles. The van der Waals surface area contributed by atoms with Crippen LogP contribution in [0.3, 0.4) is 0 Å². The van der Waals surface area contributed by atoms with Crippen molar-refractivity contribution in [1.29, 1.82) is 0 Å². The zero-order valence-electron chi connectivity index (χ0n) is 8.43. The van der Waals surface area contributed by atoms with Crippen LogP contribution >= 0.6 is 0 Å². The highest BCUT2D eigenvalue weighted by Crippen LogP contribution is 2.10. The molecule has 1 amide bonds. The number of carboxylic acid groups (broad SMARTS) is 1. The van der Waals surface area contributed by atoms with Gasteiger partial charge in [0.25, 0.3) is 0 Å². The van der Waals surface area contributed by atoms with Crippen LogP contribution < -0.4 is 5.32 Å². The van der Waals surface area contributed by atoms with E-state index in [9.17, 15) is 9.59 Å². The number of carboxylic acids is 1. The van der Waals surface area contributed by atoms with Crippen LogP contribution in [0.15, 0.2) is 30.3 Å². The lowest BCUT2D eigenvalue weighted by molar-refractivity contribution is -0.140. The molecule has 1 aromatic rings. The van der Waals surface area contributed by atoms with Gasteiger partial charge in [-0.3, -0.25) is 9.59 Å². The van der Waals surface area contributed by atoms with Crippen LogP contribution in [-0.4, -0.2) is 17.0 Å². The molecule has 15 heavy (non-hydrogen) atoms. The Balaban J connectivity index is 2.53. The van der Waals surface area contributed by atoms with Crippen molar-refractivity contribution in [2.45, 2.75) is 19.4 Å². The minimum atomic E-state index is -1.12. The molecule has 0 aliphatic heterocycles. The number of benzene rings is 1. The van der Waals surface area contributed by atoms with E-state index in [4.69, 9.17) is 5.11 Å². The van der Waals surface area contributed by atoms with Gasteiger partial charge < -0.3 is 10.4 Å². The third kappa shape index (κ3) is 3.81. The molecule has 0 aromatic heterocycles. The molecular weight excluding hydrogens is 194 g/mol. The molecule has 0 saturated heterocycles. The minimum Gasteiger partial charge on any atom is -0.481 e. The summed E-state index contributed by atoms with van der Waals surface area (Å²) in [5.74, 6) is -1.59. The van der Waals surface area contributed by atoms with E-state index >= 15 is 0 Å². The summed E-state index contributed by atoms with van der Waals surface area (Å²) in [6.07, 6.45) is -0.489. The molecule has 0 aliphatic rings. The molecule has 0 spiro atoms. The highest BCUT2D eigenvalue weighted by Gasteiger charge is 2.11. The summed E-state index contributed by atoms with van der Waals surface area (Å²) in [5.41, 5.74) is 0.955. The average molecular weight is 207 g/mol. The van der Waals surface area contributed by atoms with Gasteiger partial charge in [-0.2, -0.15) is 0 Å². The second kappa shape index (κ2) is 5.14. The molecule has 0 fully saturated rings. The molecule has 80 valence electrons. The second-order valence-electron chi connectivity index (χ2n) is 3.27. The maximum atomic E-state index is 11.1. The predicted molar refractivity (Wildman–Crippen MR) is 55.3 cm³/mol. The number of carbonyl (C=O) groups excluding carboxylic acids is 1. The van der Waals surface area contributed by atoms with Crippen molar-refractivity contribution in [3.05, 3.63) is 35.9 Å². The average Bonchev–Trinajstić information content (AvgIpc) is 2.17. The number of rotatable bonds is 4. The van der Waals surface area contributed by atoms with E-state index in [2.05, 4.69) is 5.32 Å². The topological polar surface area (TPSA) is 66.4 Å². The van der Waals surface area contributed by atoms with Gasteiger partial charge >= 0.3 is 5.97 Å². The fourth-order valence-electron chi connectivity index (χ4n) is 1.25. The van der Waals surface area contributed by atoms with E-state index in [1.54, 1.807) is 0 Å². The van der Waals surface area contributed by atoms with Crippen LogP contribution in [0.5, 0.6) is 0 Å². The van der Waals surface area contributed by atoms with Crippen molar-refractivity contribution < 1.29 is 14.7 Å². The molecule has 0 bridgehead atoms. The maximum Gasteiger partial charge on any atom is 0.312 e. The molecular formula is C11H13NO3. The van der Waals surface area contributed by atoms with Crippen molar-refractivity contribution in [2.24, 2.45) is 0 Å². The van der Waals surface area contributed by atoms with Gasteiger partial charge in [0.2, 0.25) is 5.91 Å². The summed E-state index contributed by atoms with van der Waals surface area (Å²) in [5, 5.41) is 11.0. The van der Waals surface area contributed by atoms with Crippen LogP contribution in [0.2, 0.25) is 0 Å². The second-order valence-corrected chi connectivity index (χ2v) is 3.27. The predicted octanol–water partition coefficient (Wildman–Crippen LogP) is 1.34. The largest absolute Gasteiger partial charge is 0.481 e. The van der Waals surface area contributed by atoms with Crippen molar-refractivity contribution in [1.82, 2.24) is 5.32 Å². The van der Waals surface area contributed by atoms with Crippen LogP contribution in [0, 0.1) is 0 Å². The van der Waals surface area contributed by atoms with E-state index in [-0.39, 0.29) is 6.04 Å². The van der Waals surface area contributed by atoms with Crippen LogP contribution in [0.1, 0.15) is 24.9 Å².